The van der Waals surface area contributed by atoms with Crippen molar-refractivity contribution in [1.29, 1.82) is 0 Å². The van der Waals surface area contributed by atoms with Crippen LogP contribution in [0.2, 0.25) is 0 Å². The van der Waals surface area contributed by atoms with Gasteiger partial charge < -0.3 is 10.0 Å². The van der Waals surface area contributed by atoms with Gasteiger partial charge in [0.1, 0.15) is 0 Å². The minimum atomic E-state index is -1.62. The maximum atomic E-state index is 10.8. The average molecular weight is 237 g/mol. The molecule has 1 aromatic rings. The highest BCUT2D eigenvalue weighted by Gasteiger charge is 2.28. The summed E-state index contributed by atoms with van der Waals surface area (Å²) in [5.41, 5.74) is 1.02. The maximum Gasteiger partial charge on any atom is 0.489 e. The fraction of sp³-hybridized carbons (Fsp3) is 0.455. The molecule has 0 fully saturated rings. The van der Waals surface area contributed by atoms with Gasteiger partial charge in [-0.25, -0.2) is 0 Å². The third kappa shape index (κ3) is 2.84. The molecule has 0 spiro atoms. The van der Waals surface area contributed by atoms with Gasteiger partial charge in [-0.1, -0.05) is 20.8 Å². The molecule has 0 bridgehead atoms. The molecule has 0 saturated heterocycles. The van der Waals surface area contributed by atoms with Crippen LogP contribution in [0.15, 0.2) is 12.1 Å². The SMILES string of the molecule is Cc1cc([N+](=O)[O-])cc(C(C)(C)C)c1B(O)O. The van der Waals surface area contributed by atoms with E-state index in [1.165, 1.54) is 12.1 Å². The molecule has 0 amide bonds. The standard InChI is InChI=1S/C11H16BNO4/c1-7-5-8(13(16)17)6-9(11(2,3)4)10(7)12(14)15/h5-6,14-15H,1-4H3. The van der Waals surface area contributed by atoms with Crippen molar-refractivity contribution in [2.24, 2.45) is 0 Å². The Morgan fingerprint density at radius 1 is 1.29 bits per heavy atom. The predicted molar refractivity (Wildman–Crippen MR) is 66.4 cm³/mol. The van der Waals surface area contributed by atoms with Crippen LogP contribution in [0.4, 0.5) is 5.69 Å². The van der Waals surface area contributed by atoms with E-state index >= 15 is 0 Å². The molecule has 0 aliphatic heterocycles. The molecule has 2 N–H and O–H groups in total. The average Bonchev–Trinajstić information content (AvgIpc) is 2.14. The molecule has 92 valence electrons. The number of nitro benzene ring substituents is 1. The minimum Gasteiger partial charge on any atom is -0.423 e. The van der Waals surface area contributed by atoms with Gasteiger partial charge in [-0.3, -0.25) is 10.1 Å². The molecule has 0 unspecified atom stereocenters. The molecule has 1 rings (SSSR count). The fourth-order valence-corrected chi connectivity index (χ4v) is 1.85. The Labute approximate surface area is 100 Å². The monoisotopic (exact) mass is 237 g/mol. The Morgan fingerprint density at radius 2 is 1.82 bits per heavy atom. The van der Waals surface area contributed by atoms with Gasteiger partial charge in [-0.2, -0.15) is 0 Å². The van der Waals surface area contributed by atoms with Crippen LogP contribution in [0.5, 0.6) is 0 Å². The Bertz CT molecular complexity index is 452. The molecule has 0 heterocycles. The van der Waals surface area contributed by atoms with E-state index in [1.54, 1.807) is 6.92 Å². The van der Waals surface area contributed by atoms with Crippen molar-refractivity contribution in [1.82, 2.24) is 0 Å². The number of non-ortho nitro benzene ring substituents is 1. The smallest absolute Gasteiger partial charge is 0.423 e. The van der Waals surface area contributed by atoms with Crippen LogP contribution in [0, 0.1) is 17.0 Å². The van der Waals surface area contributed by atoms with E-state index in [0.29, 0.717) is 16.6 Å². The first kappa shape index (κ1) is 13.7. The van der Waals surface area contributed by atoms with Crippen molar-refractivity contribution < 1.29 is 15.0 Å². The normalized spacial score (nSPS) is 11.4. The first-order chi connectivity index (χ1) is 7.64. The van der Waals surface area contributed by atoms with Crippen LogP contribution in [0.1, 0.15) is 31.9 Å². The molecule has 17 heavy (non-hydrogen) atoms. The van der Waals surface area contributed by atoms with Crippen molar-refractivity contribution in [2.45, 2.75) is 33.1 Å². The van der Waals surface area contributed by atoms with Crippen molar-refractivity contribution >= 4 is 18.3 Å². The van der Waals surface area contributed by atoms with E-state index in [9.17, 15) is 20.2 Å². The molecular weight excluding hydrogens is 221 g/mol. The molecule has 0 saturated carbocycles. The third-order valence-corrected chi connectivity index (χ3v) is 2.65. The highest BCUT2D eigenvalue weighted by atomic mass is 16.6. The fourth-order valence-electron chi connectivity index (χ4n) is 1.85. The lowest BCUT2D eigenvalue weighted by atomic mass is 9.68. The predicted octanol–water partition coefficient (Wildman–Crippen LogP) is 0.881. The zero-order valence-corrected chi connectivity index (χ0v) is 10.4. The number of aryl methyl sites for hydroxylation is 1. The summed E-state index contributed by atoms with van der Waals surface area (Å²) in [4.78, 5) is 10.3. The van der Waals surface area contributed by atoms with Gasteiger partial charge in [0.2, 0.25) is 0 Å². The van der Waals surface area contributed by atoms with Crippen LogP contribution in [0.25, 0.3) is 0 Å². The zero-order valence-electron chi connectivity index (χ0n) is 10.4. The van der Waals surface area contributed by atoms with Gasteiger partial charge in [0.05, 0.1) is 4.92 Å². The van der Waals surface area contributed by atoms with E-state index in [1.807, 2.05) is 20.8 Å². The molecular formula is C11H16BNO4. The van der Waals surface area contributed by atoms with Crippen LogP contribution in [-0.4, -0.2) is 22.1 Å². The van der Waals surface area contributed by atoms with Gasteiger partial charge in [-0.05, 0) is 28.9 Å². The Kier molecular flexibility index (Phi) is 3.59. The number of hydrogen-bond donors (Lipinski definition) is 2. The molecule has 5 nitrogen and oxygen atoms in total. The van der Waals surface area contributed by atoms with E-state index < -0.39 is 17.5 Å². The second-order valence-electron chi connectivity index (χ2n) is 5.10. The molecule has 0 radical (unpaired) electrons. The number of hydrogen-bond acceptors (Lipinski definition) is 4. The first-order valence-corrected chi connectivity index (χ1v) is 5.30. The quantitative estimate of drug-likeness (QED) is 0.454. The van der Waals surface area contributed by atoms with Crippen LogP contribution < -0.4 is 5.46 Å². The first-order valence-electron chi connectivity index (χ1n) is 5.30. The summed E-state index contributed by atoms with van der Waals surface area (Å²) in [6.07, 6.45) is 0. The summed E-state index contributed by atoms with van der Waals surface area (Å²) in [7, 11) is -1.62. The van der Waals surface area contributed by atoms with Crippen LogP contribution in [0.3, 0.4) is 0 Å². The highest BCUT2D eigenvalue weighted by molar-refractivity contribution is 6.59. The molecule has 0 aromatic heterocycles. The second-order valence-corrected chi connectivity index (χ2v) is 5.10. The lowest BCUT2D eigenvalue weighted by Crippen LogP contribution is -2.39. The molecule has 6 heteroatoms. The zero-order chi connectivity index (χ0) is 13.4. The second kappa shape index (κ2) is 4.47. The number of benzene rings is 1. The van der Waals surface area contributed by atoms with E-state index in [4.69, 9.17) is 0 Å². The Morgan fingerprint density at radius 3 is 2.18 bits per heavy atom. The summed E-state index contributed by atoms with van der Waals surface area (Å²) >= 11 is 0. The molecule has 1 aromatic carbocycles. The summed E-state index contributed by atoms with van der Waals surface area (Å²) in [5, 5.41) is 29.5. The van der Waals surface area contributed by atoms with Crippen molar-refractivity contribution in [3.63, 3.8) is 0 Å². The topological polar surface area (TPSA) is 83.6 Å². The van der Waals surface area contributed by atoms with Crippen molar-refractivity contribution in [3.05, 3.63) is 33.4 Å². The van der Waals surface area contributed by atoms with E-state index in [-0.39, 0.29) is 5.69 Å². The lowest BCUT2D eigenvalue weighted by molar-refractivity contribution is -0.385. The summed E-state index contributed by atoms with van der Waals surface area (Å²) in [6, 6.07) is 2.76. The van der Waals surface area contributed by atoms with Crippen LogP contribution in [-0.2, 0) is 5.41 Å². The lowest BCUT2D eigenvalue weighted by Gasteiger charge is -2.24. The van der Waals surface area contributed by atoms with E-state index in [2.05, 4.69) is 0 Å². The van der Waals surface area contributed by atoms with Gasteiger partial charge in [-0.15, -0.1) is 0 Å². The number of nitrogens with zero attached hydrogens (tertiary/aromatic N) is 1. The van der Waals surface area contributed by atoms with Gasteiger partial charge in [0, 0.05) is 12.1 Å². The van der Waals surface area contributed by atoms with Gasteiger partial charge in [0.15, 0.2) is 0 Å². The summed E-state index contributed by atoms with van der Waals surface area (Å²) in [5.74, 6) is 0. The largest absolute Gasteiger partial charge is 0.489 e. The summed E-state index contributed by atoms with van der Waals surface area (Å²) < 4.78 is 0. The number of rotatable bonds is 2. The Hall–Kier alpha value is -1.40. The molecule has 0 aliphatic rings. The van der Waals surface area contributed by atoms with Gasteiger partial charge >= 0.3 is 7.12 Å². The highest BCUT2D eigenvalue weighted by Crippen LogP contribution is 2.26. The maximum absolute atomic E-state index is 10.8. The molecule has 0 atom stereocenters. The summed E-state index contributed by atoms with van der Waals surface area (Å²) in [6.45, 7) is 7.25. The minimum absolute atomic E-state index is 0.0307. The number of nitro groups is 1. The Balaban J connectivity index is 3.57. The van der Waals surface area contributed by atoms with Crippen molar-refractivity contribution in [2.75, 3.05) is 0 Å². The van der Waals surface area contributed by atoms with Gasteiger partial charge in [0.25, 0.3) is 5.69 Å². The van der Waals surface area contributed by atoms with E-state index in [0.717, 1.165) is 0 Å². The van der Waals surface area contributed by atoms with Crippen molar-refractivity contribution in [3.8, 4) is 0 Å². The third-order valence-electron chi connectivity index (χ3n) is 2.65. The molecule has 0 aliphatic carbocycles. The van der Waals surface area contributed by atoms with Crippen LogP contribution >= 0.6 is 0 Å².